The zero-order chi connectivity index (χ0) is 30.5. The van der Waals surface area contributed by atoms with Crippen LogP contribution in [0.5, 0.6) is 0 Å². The summed E-state index contributed by atoms with van der Waals surface area (Å²) in [4.78, 5) is 0. The zero-order valence-electron chi connectivity index (χ0n) is 25.3. The molecular weight excluding hydrogens is 553 g/mol. The maximum absolute atomic E-state index is 2.43. The van der Waals surface area contributed by atoms with E-state index in [4.69, 9.17) is 0 Å². The van der Waals surface area contributed by atoms with E-state index < -0.39 is 0 Å². The molecule has 0 atom stereocenters. The zero-order valence-corrected chi connectivity index (χ0v) is 25.3. The van der Waals surface area contributed by atoms with Crippen LogP contribution in [0, 0.1) is 0 Å². The number of hydrogen-bond donors (Lipinski definition) is 0. The molecule has 214 valence electrons. The average Bonchev–Trinajstić information content (AvgIpc) is 3.13. The van der Waals surface area contributed by atoms with E-state index in [1.54, 1.807) is 0 Å². The molecule has 0 aliphatic rings. The van der Waals surface area contributed by atoms with Gasteiger partial charge in [0.05, 0.1) is 0 Å². The largest absolute Gasteiger partial charge is 0.0622 e. The number of rotatable bonds is 4. The van der Waals surface area contributed by atoms with Crippen molar-refractivity contribution in [3.63, 3.8) is 0 Å². The molecule has 9 aromatic carbocycles. The van der Waals surface area contributed by atoms with E-state index in [9.17, 15) is 0 Å². The van der Waals surface area contributed by atoms with Crippen LogP contribution in [0.2, 0.25) is 0 Å². The molecule has 0 saturated carbocycles. The minimum absolute atomic E-state index is 1.22. The molecule has 0 N–H and O–H groups in total. The normalized spacial score (nSPS) is 11.5. The molecule has 0 aliphatic carbocycles. The van der Waals surface area contributed by atoms with Gasteiger partial charge in [-0.05, 0) is 106 Å². The van der Waals surface area contributed by atoms with Gasteiger partial charge >= 0.3 is 0 Å². The Morgan fingerprint density at radius 3 is 1.59 bits per heavy atom. The van der Waals surface area contributed by atoms with Crippen LogP contribution in [-0.2, 0) is 0 Å². The lowest BCUT2D eigenvalue weighted by Crippen LogP contribution is -1.92. The van der Waals surface area contributed by atoms with Crippen molar-refractivity contribution in [2.45, 2.75) is 0 Å². The first-order chi connectivity index (χ1) is 22.8. The number of benzene rings is 9. The molecule has 0 heterocycles. The van der Waals surface area contributed by atoms with Crippen LogP contribution >= 0.6 is 0 Å². The quantitative estimate of drug-likeness (QED) is 0.181. The van der Waals surface area contributed by atoms with Crippen LogP contribution in [0.3, 0.4) is 0 Å². The van der Waals surface area contributed by atoms with Gasteiger partial charge in [0.2, 0.25) is 0 Å². The van der Waals surface area contributed by atoms with Crippen molar-refractivity contribution < 1.29 is 0 Å². The lowest BCUT2D eigenvalue weighted by molar-refractivity contribution is 1.61. The van der Waals surface area contributed by atoms with Crippen LogP contribution in [0.4, 0.5) is 0 Å². The number of fused-ring (bicyclic) bond motifs is 4. The third kappa shape index (κ3) is 4.38. The third-order valence-electron chi connectivity index (χ3n) is 9.42. The molecule has 0 amide bonds. The second-order valence-corrected chi connectivity index (χ2v) is 12.1. The smallest absolute Gasteiger partial charge is 0.00259 e. The van der Waals surface area contributed by atoms with E-state index in [0.717, 1.165) is 0 Å². The molecule has 0 fully saturated rings. The number of hydrogen-bond acceptors (Lipinski definition) is 0. The molecule has 0 aliphatic heterocycles. The Labute approximate surface area is 268 Å². The van der Waals surface area contributed by atoms with Gasteiger partial charge in [0.1, 0.15) is 0 Å². The molecule has 0 aromatic heterocycles. The van der Waals surface area contributed by atoms with Crippen molar-refractivity contribution in [3.8, 4) is 44.5 Å². The molecular formula is C46H30. The van der Waals surface area contributed by atoms with Crippen LogP contribution in [0.25, 0.3) is 87.6 Å². The highest BCUT2D eigenvalue weighted by Crippen LogP contribution is 2.46. The van der Waals surface area contributed by atoms with Crippen molar-refractivity contribution in [2.24, 2.45) is 0 Å². The molecule has 9 aromatic rings. The highest BCUT2D eigenvalue weighted by Gasteiger charge is 2.18. The summed E-state index contributed by atoms with van der Waals surface area (Å²) in [5.74, 6) is 0. The second-order valence-electron chi connectivity index (χ2n) is 12.1. The molecule has 0 unspecified atom stereocenters. The third-order valence-corrected chi connectivity index (χ3v) is 9.42. The molecule has 0 radical (unpaired) electrons. The first-order valence-electron chi connectivity index (χ1n) is 15.9. The molecule has 0 nitrogen and oxygen atoms in total. The fourth-order valence-electron chi connectivity index (χ4n) is 7.27. The monoisotopic (exact) mass is 582 g/mol. The van der Waals surface area contributed by atoms with E-state index >= 15 is 0 Å². The first kappa shape index (κ1) is 26.4. The van der Waals surface area contributed by atoms with E-state index in [1.165, 1.54) is 87.6 Å². The van der Waals surface area contributed by atoms with Gasteiger partial charge in [0.15, 0.2) is 0 Å². The van der Waals surface area contributed by atoms with E-state index in [-0.39, 0.29) is 0 Å². The SMILES string of the molecule is c1ccc(-c2cccc(-c3c4ccccc4c(-c4ccc5ccccc5c4)c4cc(-c5cccc6ccccc56)ccc34)c2)cc1. The summed E-state index contributed by atoms with van der Waals surface area (Å²) >= 11 is 0. The van der Waals surface area contributed by atoms with E-state index in [0.29, 0.717) is 0 Å². The van der Waals surface area contributed by atoms with Gasteiger partial charge in [-0.1, -0.05) is 164 Å². The van der Waals surface area contributed by atoms with E-state index in [1.807, 2.05) is 0 Å². The summed E-state index contributed by atoms with van der Waals surface area (Å²) in [7, 11) is 0. The predicted molar refractivity (Wildman–Crippen MR) is 198 cm³/mol. The predicted octanol–water partition coefficient (Wildman–Crippen LogP) is 13.0. The Morgan fingerprint density at radius 2 is 0.761 bits per heavy atom. The fraction of sp³-hybridized carbons (Fsp3) is 0. The average molecular weight is 583 g/mol. The van der Waals surface area contributed by atoms with Crippen molar-refractivity contribution in [3.05, 3.63) is 182 Å². The van der Waals surface area contributed by atoms with Crippen molar-refractivity contribution in [1.82, 2.24) is 0 Å². The van der Waals surface area contributed by atoms with Crippen LogP contribution in [0.1, 0.15) is 0 Å². The Morgan fingerprint density at radius 1 is 0.217 bits per heavy atom. The summed E-state index contributed by atoms with van der Waals surface area (Å²) in [5, 5.41) is 10.1. The Kier molecular flexibility index (Phi) is 6.25. The summed E-state index contributed by atoms with van der Waals surface area (Å²) < 4.78 is 0. The minimum atomic E-state index is 1.22. The Bertz CT molecular complexity index is 2570. The molecule has 9 rings (SSSR count). The van der Waals surface area contributed by atoms with Gasteiger partial charge in [-0.2, -0.15) is 0 Å². The molecule has 0 spiro atoms. The Balaban J connectivity index is 1.39. The lowest BCUT2D eigenvalue weighted by atomic mass is 9.84. The van der Waals surface area contributed by atoms with E-state index in [2.05, 4.69) is 182 Å². The van der Waals surface area contributed by atoms with Crippen molar-refractivity contribution in [2.75, 3.05) is 0 Å². The first-order valence-corrected chi connectivity index (χ1v) is 15.9. The summed E-state index contributed by atoms with van der Waals surface area (Å²) in [6, 6.07) is 66.6. The summed E-state index contributed by atoms with van der Waals surface area (Å²) in [6.45, 7) is 0. The van der Waals surface area contributed by atoms with Crippen LogP contribution < -0.4 is 0 Å². The molecule has 0 bridgehead atoms. The topological polar surface area (TPSA) is 0 Å². The standard InChI is InChI=1S/C46H30/c1-2-12-31(13-3-1)35-18-10-19-37(28-35)45-41-21-8-9-22-42(41)46(38-25-24-32-14-4-5-16-34(32)29-38)44-30-36(26-27-43(44)45)40-23-11-17-33-15-6-7-20-39(33)40/h1-30H. The highest BCUT2D eigenvalue weighted by molar-refractivity contribution is 6.22. The van der Waals surface area contributed by atoms with Gasteiger partial charge in [-0.25, -0.2) is 0 Å². The summed E-state index contributed by atoms with van der Waals surface area (Å²) in [6.07, 6.45) is 0. The van der Waals surface area contributed by atoms with Gasteiger partial charge in [-0.3, -0.25) is 0 Å². The minimum Gasteiger partial charge on any atom is -0.0622 e. The molecule has 0 heteroatoms. The van der Waals surface area contributed by atoms with Gasteiger partial charge < -0.3 is 0 Å². The van der Waals surface area contributed by atoms with Crippen molar-refractivity contribution >= 4 is 43.1 Å². The van der Waals surface area contributed by atoms with Crippen molar-refractivity contribution in [1.29, 1.82) is 0 Å². The second kappa shape index (κ2) is 10.9. The fourth-order valence-corrected chi connectivity index (χ4v) is 7.27. The van der Waals surface area contributed by atoms with Gasteiger partial charge in [0.25, 0.3) is 0 Å². The van der Waals surface area contributed by atoms with Crippen LogP contribution in [-0.4, -0.2) is 0 Å². The molecule has 0 saturated heterocycles. The van der Waals surface area contributed by atoms with Gasteiger partial charge in [0, 0.05) is 0 Å². The summed E-state index contributed by atoms with van der Waals surface area (Å²) in [5.41, 5.74) is 9.95. The maximum Gasteiger partial charge on any atom is -0.00259 e. The highest BCUT2D eigenvalue weighted by atomic mass is 14.2. The van der Waals surface area contributed by atoms with Crippen LogP contribution in [0.15, 0.2) is 182 Å². The molecule has 46 heavy (non-hydrogen) atoms. The maximum atomic E-state index is 2.43. The lowest BCUT2D eigenvalue weighted by Gasteiger charge is -2.19. The van der Waals surface area contributed by atoms with Gasteiger partial charge in [-0.15, -0.1) is 0 Å². The Hall–Kier alpha value is -5.98.